The van der Waals surface area contributed by atoms with Gasteiger partial charge in [0.1, 0.15) is 30.1 Å². The van der Waals surface area contributed by atoms with Crippen molar-refractivity contribution in [1.29, 1.82) is 0 Å². The average Bonchev–Trinajstić information content (AvgIpc) is 3.09. The summed E-state index contributed by atoms with van der Waals surface area (Å²) < 4.78 is 2.03. The van der Waals surface area contributed by atoms with Gasteiger partial charge in [-0.25, -0.2) is 9.97 Å². The van der Waals surface area contributed by atoms with Gasteiger partial charge in [0.25, 0.3) is 0 Å². The Balaban J connectivity index is 1.51. The minimum atomic E-state index is 0.413. The van der Waals surface area contributed by atoms with E-state index in [1.165, 1.54) is 11.5 Å². The molecule has 24 heavy (non-hydrogen) atoms. The summed E-state index contributed by atoms with van der Waals surface area (Å²) in [5, 5.41) is 8.33. The molecule has 0 aromatic carbocycles. The summed E-state index contributed by atoms with van der Waals surface area (Å²) in [6, 6.07) is 2.15. The lowest BCUT2D eigenvalue weighted by molar-refractivity contribution is 0.477. The van der Waals surface area contributed by atoms with Crippen LogP contribution >= 0.6 is 11.8 Å². The fourth-order valence-corrected chi connectivity index (χ4v) is 4.44. The zero-order chi connectivity index (χ0) is 16.4. The number of aryl methyl sites for hydroxylation is 1. The van der Waals surface area contributed by atoms with Crippen LogP contribution in [0.1, 0.15) is 24.6 Å². The molecule has 2 aliphatic rings. The number of rotatable bonds is 3. The third-order valence-electron chi connectivity index (χ3n) is 4.83. The molecule has 0 unspecified atom stereocenters. The predicted molar refractivity (Wildman–Crippen MR) is 96.8 cm³/mol. The monoisotopic (exact) mass is 345 g/mol. The fourth-order valence-electron chi connectivity index (χ4n) is 3.53. The Hall–Kier alpha value is -1.83. The summed E-state index contributed by atoms with van der Waals surface area (Å²) in [6.07, 6.45) is 5.80. The maximum atomic E-state index is 4.54. The van der Waals surface area contributed by atoms with Crippen molar-refractivity contribution in [2.75, 3.05) is 47.5 Å². The van der Waals surface area contributed by atoms with Crippen LogP contribution in [0.3, 0.4) is 0 Å². The zero-order valence-corrected chi connectivity index (χ0v) is 14.8. The normalized spacial score (nSPS) is 22.0. The van der Waals surface area contributed by atoms with E-state index in [1.54, 1.807) is 12.7 Å². The lowest BCUT2D eigenvalue weighted by atomic mass is 9.97. The molecule has 4 rings (SSSR count). The highest BCUT2D eigenvalue weighted by Gasteiger charge is 2.26. The van der Waals surface area contributed by atoms with Crippen molar-refractivity contribution in [3.05, 3.63) is 24.5 Å². The molecule has 0 saturated carbocycles. The lowest BCUT2D eigenvalue weighted by Gasteiger charge is -2.34. The number of thioether (sulfide) groups is 1. The largest absolute Gasteiger partial charge is 0.356 e. The second-order valence-electron chi connectivity index (χ2n) is 6.42. The van der Waals surface area contributed by atoms with Crippen LogP contribution in [0.2, 0.25) is 0 Å². The van der Waals surface area contributed by atoms with Crippen molar-refractivity contribution in [2.24, 2.45) is 7.05 Å². The first-order valence-corrected chi connectivity index (χ1v) is 9.70. The van der Waals surface area contributed by atoms with E-state index in [-0.39, 0.29) is 0 Å². The van der Waals surface area contributed by atoms with Crippen molar-refractivity contribution in [1.82, 2.24) is 24.7 Å². The molecule has 2 fully saturated rings. The average molecular weight is 345 g/mol. The van der Waals surface area contributed by atoms with E-state index in [0.717, 1.165) is 56.5 Å². The SMILES string of the molecule is Cn1cnnc1[C@@H]1CCCN(c2cc(N3CCSCC3)ncn2)C1. The fraction of sp³-hybridized carbons (Fsp3) is 0.625. The Labute approximate surface area is 146 Å². The van der Waals surface area contributed by atoms with Crippen molar-refractivity contribution in [3.8, 4) is 0 Å². The third kappa shape index (κ3) is 3.19. The molecule has 4 heterocycles. The summed E-state index contributed by atoms with van der Waals surface area (Å²) >= 11 is 2.02. The molecule has 2 aliphatic heterocycles. The first-order chi connectivity index (χ1) is 11.8. The molecular formula is C16H23N7S. The van der Waals surface area contributed by atoms with Gasteiger partial charge in [-0.3, -0.25) is 0 Å². The molecule has 0 N–H and O–H groups in total. The van der Waals surface area contributed by atoms with Crippen molar-refractivity contribution in [3.63, 3.8) is 0 Å². The van der Waals surface area contributed by atoms with Crippen LogP contribution in [0.5, 0.6) is 0 Å². The summed E-state index contributed by atoms with van der Waals surface area (Å²) in [4.78, 5) is 13.8. The molecule has 0 spiro atoms. The van der Waals surface area contributed by atoms with Crippen molar-refractivity contribution < 1.29 is 0 Å². The van der Waals surface area contributed by atoms with Crippen LogP contribution in [-0.4, -0.2) is 62.4 Å². The number of piperidine rings is 1. The van der Waals surface area contributed by atoms with Gasteiger partial charge in [0.15, 0.2) is 0 Å². The number of nitrogens with zero attached hydrogens (tertiary/aromatic N) is 7. The Morgan fingerprint density at radius 2 is 1.88 bits per heavy atom. The quantitative estimate of drug-likeness (QED) is 0.836. The van der Waals surface area contributed by atoms with Gasteiger partial charge in [0.05, 0.1) is 0 Å². The van der Waals surface area contributed by atoms with Crippen LogP contribution in [0.15, 0.2) is 18.7 Å². The van der Waals surface area contributed by atoms with Crippen LogP contribution in [0.4, 0.5) is 11.6 Å². The minimum Gasteiger partial charge on any atom is -0.356 e. The molecule has 2 aromatic heterocycles. The van der Waals surface area contributed by atoms with E-state index in [1.807, 2.05) is 23.4 Å². The third-order valence-corrected chi connectivity index (χ3v) is 5.77. The number of anilines is 2. The highest BCUT2D eigenvalue weighted by atomic mass is 32.2. The summed E-state index contributed by atoms with van der Waals surface area (Å²) in [6.45, 7) is 4.13. The zero-order valence-electron chi connectivity index (χ0n) is 14.0. The van der Waals surface area contributed by atoms with Gasteiger partial charge in [0, 0.05) is 56.7 Å². The lowest BCUT2D eigenvalue weighted by Crippen LogP contribution is -2.37. The molecule has 0 aliphatic carbocycles. The van der Waals surface area contributed by atoms with Gasteiger partial charge >= 0.3 is 0 Å². The topological polar surface area (TPSA) is 63.0 Å². The van der Waals surface area contributed by atoms with E-state index in [0.29, 0.717) is 5.92 Å². The highest BCUT2D eigenvalue weighted by molar-refractivity contribution is 7.99. The summed E-state index contributed by atoms with van der Waals surface area (Å²) in [5.41, 5.74) is 0. The van der Waals surface area contributed by atoms with E-state index in [2.05, 4.69) is 36.0 Å². The minimum absolute atomic E-state index is 0.413. The van der Waals surface area contributed by atoms with Gasteiger partial charge in [-0.15, -0.1) is 10.2 Å². The Kier molecular flexibility index (Phi) is 4.55. The Bertz CT molecular complexity index is 683. The summed E-state index contributed by atoms with van der Waals surface area (Å²) in [7, 11) is 2.02. The van der Waals surface area contributed by atoms with Gasteiger partial charge < -0.3 is 14.4 Å². The molecule has 0 amide bonds. The maximum absolute atomic E-state index is 4.54. The van der Waals surface area contributed by atoms with Gasteiger partial charge in [-0.2, -0.15) is 11.8 Å². The van der Waals surface area contributed by atoms with Gasteiger partial charge in [-0.1, -0.05) is 0 Å². The summed E-state index contributed by atoms with van der Waals surface area (Å²) in [5.74, 6) is 5.93. The second-order valence-corrected chi connectivity index (χ2v) is 7.64. The molecular weight excluding hydrogens is 322 g/mol. The standard InChI is InChI=1S/C16H23N7S/c1-21-12-19-20-16(21)13-3-2-4-23(10-13)15-9-14(17-11-18-15)22-5-7-24-8-6-22/h9,11-13H,2-8,10H2,1H3/t13-/m1/s1. The molecule has 128 valence electrons. The van der Waals surface area contributed by atoms with Gasteiger partial charge in [0.2, 0.25) is 0 Å². The number of aromatic nitrogens is 5. The van der Waals surface area contributed by atoms with E-state index in [4.69, 9.17) is 0 Å². The first-order valence-electron chi connectivity index (χ1n) is 8.55. The Morgan fingerprint density at radius 1 is 1.08 bits per heavy atom. The van der Waals surface area contributed by atoms with Crippen molar-refractivity contribution in [2.45, 2.75) is 18.8 Å². The molecule has 8 heteroatoms. The molecule has 0 radical (unpaired) electrons. The van der Waals surface area contributed by atoms with Gasteiger partial charge in [-0.05, 0) is 12.8 Å². The highest BCUT2D eigenvalue weighted by Crippen LogP contribution is 2.29. The van der Waals surface area contributed by atoms with Crippen LogP contribution in [0.25, 0.3) is 0 Å². The van der Waals surface area contributed by atoms with Crippen molar-refractivity contribution >= 4 is 23.4 Å². The molecule has 2 aromatic rings. The molecule has 1 atom stereocenters. The molecule has 0 bridgehead atoms. The predicted octanol–water partition coefficient (Wildman–Crippen LogP) is 1.54. The van der Waals surface area contributed by atoms with E-state index >= 15 is 0 Å². The second kappa shape index (κ2) is 6.96. The van der Waals surface area contributed by atoms with Crippen LogP contribution in [0, 0.1) is 0 Å². The first kappa shape index (κ1) is 15.7. The van der Waals surface area contributed by atoms with E-state index < -0.39 is 0 Å². The van der Waals surface area contributed by atoms with E-state index in [9.17, 15) is 0 Å². The molecule has 7 nitrogen and oxygen atoms in total. The number of hydrogen-bond acceptors (Lipinski definition) is 7. The van der Waals surface area contributed by atoms with Crippen LogP contribution in [-0.2, 0) is 7.05 Å². The van der Waals surface area contributed by atoms with Crippen LogP contribution < -0.4 is 9.80 Å². The number of hydrogen-bond donors (Lipinski definition) is 0. The molecule has 2 saturated heterocycles. The smallest absolute Gasteiger partial charge is 0.137 e. The Morgan fingerprint density at radius 3 is 2.62 bits per heavy atom. The maximum Gasteiger partial charge on any atom is 0.137 e.